The predicted octanol–water partition coefficient (Wildman–Crippen LogP) is 4.10. The fourth-order valence-corrected chi connectivity index (χ4v) is 2.49. The SMILES string of the molecule is Cc1ccc(C(=O)N[C@H](C)c2ccccc2C)c(C)c1. The minimum atomic E-state index is -0.0155. The number of aryl methyl sites for hydroxylation is 3. The van der Waals surface area contributed by atoms with E-state index in [0.29, 0.717) is 0 Å². The van der Waals surface area contributed by atoms with Crippen molar-refractivity contribution in [1.82, 2.24) is 5.32 Å². The lowest BCUT2D eigenvalue weighted by Crippen LogP contribution is -2.27. The van der Waals surface area contributed by atoms with E-state index >= 15 is 0 Å². The van der Waals surface area contributed by atoms with Gasteiger partial charge >= 0.3 is 0 Å². The summed E-state index contributed by atoms with van der Waals surface area (Å²) in [5, 5.41) is 3.07. The Morgan fingerprint density at radius 1 is 1.00 bits per heavy atom. The van der Waals surface area contributed by atoms with E-state index < -0.39 is 0 Å². The number of rotatable bonds is 3. The van der Waals surface area contributed by atoms with Crippen molar-refractivity contribution in [3.8, 4) is 0 Å². The third kappa shape index (κ3) is 3.08. The van der Waals surface area contributed by atoms with E-state index in [9.17, 15) is 4.79 Å². The summed E-state index contributed by atoms with van der Waals surface area (Å²) in [5.41, 5.74) is 5.29. The summed E-state index contributed by atoms with van der Waals surface area (Å²) in [6.45, 7) is 8.09. The van der Waals surface area contributed by atoms with Gasteiger partial charge in [0.2, 0.25) is 0 Å². The molecule has 0 aliphatic carbocycles. The third-order valence-corrected chi connectivity index (χ3v) is 3.63. The molecule has 0 aliphatic heterocycles. The van der Waals surface area contributed by atoms with Gasteiger partial charge in [-0.05, 0) is 50.5 Å². The first-order valence-electron chi connectivity index (χ1n) is 6.92. The monoisotopic (exact) mass is 267 g/mol. The Kier molecular flexibility index (Phi) is 4.23. The normalized spacial score (nSPS) is 12.0. The number of hydrogen-bond donors (Lipinski definition) is 1. The Labute approximate surface area is 120 Å². The third-order valence-electron chi connectivity index (χ3n) is 3.63. The van der Waals surface area contributed by atoms with E-state index in [4.69, 9.17) is 0 Å². The summed E-state index contributed by atoms with van der Waals surface area (Å²) in [7, 11) is 0. The largest absolute Gasteiger partial charge is 0.346 e. The molecule has 0 heterocycles. The van der Waals surface area contributed by atoms with Gasteiger partial charge in [-0.25, -0.2) is 0 Å². The highest BCUT2D eigenvalue weighted by atomic mass is 16.1. The summed E-state index contributed by atoms with van der Waals surface area (Å²) < 4.78 is 0. The van der Waals surface area contributed by atoms with Crippen LogP contribution >= 0.6 is 0 Å². The summed E-state index contributed by atoms with van der Waals surface area (Å²) in [6, 6.07) is 14.0. The molecule has 0 fully saturated rings. The second kappa shape index (κ2) is 5.91. The van der Waals surface area contributed by atoms with E-state index in [0.717, 1.165) is 16.7 Å². The van der Waals surface area contributed by atoms with E-state index in [1.54, 1.807) is 0 Å². The van der Waals surface area contributed by atoms with Crippen LogP contribution in [0.4, 0.5) is 0 Å². The molecule has 0 saturated carbocycles. The molecule has 0 bridgehead atoms. The van der Waals surface area contributed by atoms with E-state index in [1.807, 2.05) is 51.1 Å². The lowest BCUT2D eigenvalue weighted by Gasteiger charge is -2.17. The number of nitrogens with one attached hydrogen (secondary N) is 1. The van der Waals surface area contributed by atoms with Gasteiger partial charge in [0.1, 0.15) is 0 Å². The maximum Gasteiger partial charge on any atom is 0.252 e. The minimum absolute atomic E-state index is 0.00408. The van der Waals surface area contributed by atoms with E-state index in [2.05, 4.69) is 24.4 Å². The Hall–Kier alpha value is -2.09. The zero-order chi connectivity index (χ0) is 14.7. The molecule has 0 unspecified atom stereocenters. The number of hydrogen-bond acceptors (Lipinski definition) is 1. The van der Waals surface area contributed by atoms with Crippen LogP contribution in [0.15, 0.2) is 42.5 Å². The summed E-state index contributed by atoms with van der Waals surface area (Å²) in [4.78, 5) is 12.4. The summed E-state index contributed by atoms with van der Waals surface area (Å²) in [5.74, 6) is -0.0155. The first-order valence-corrected chi connectivity index (χ1v) is 6.92. The highest BCUT2D eigenvalue weighted by Crippen LogP contribution is 2.18. The van der Waals surface area contributed by atoms with Crippen molar-refractivity contribution in [1.29, 1.82) is 0 Å². The van der Waals surface area contributed by atoms with Crippen LogP contribution < -0.4 is 5.32 Å². The molecule has 2 aromatic rings. The van der Waals surface area contributed by atoms with E-state index in [-0.39, 0.29) is 11.9 Å². The quantitative estimate of drug-likeness (QED) is 0.891. The Bertz CT molecular complexity index is 631. The second-order valence-electron chi connectivity index (χ2n) is 5.37. The van der Waals surface area contributed by atoms with Crippen LogP contribution in [0.2, 0.25) is 0 Å². The summed E-state index contributed by atoms with van der Waals surface area (Å²) >= 11 is 0. The van der Waals surface area contributed by atoms with Gasteiger partial charge in [0, 0.05) is 5.56 Å². The van der Waals surface area contributed by atoms with Crippen molar-refractivity contribution < 1.29 is 4.79 Å². The van der Waals surface area contributed by atoms with Crippen molar-refractivity contribution in [2.75, 3.05) is 0 Å². The van der Waals surface area contributed by atoms with Crippen LogP contribution in [0.3, 0.4) is 0 Å². The van der Waals surface area contributed by atoms with Gasteiger partial charge in [-0.1, -0.05) is 42.0 Å². The van der Waals surface area contributed by atoms with Crippen molar-refractivity contribution in [3.05, 3.63) is 70.3 Å². The molecule has 2 rings (SSSR count). The van der Waals surface area contributed by atoms with Crippen LogP contribution in [-0.2, 0) is 0 Å². The zero-order valence-corrected chi connectivity index (χ0v) is 12.5. The Morgan fingerprint density at radius 3 is 2.35 bits per heavy atom. The van der Waals surface area contributed by atoms with Gasteiger partial charge in [-0.2, -0.15) is 0 Å². The van der Waals surface area contributed by atoms with Gasteiger partial charge < -0.3 is 5.32 Å². The average Bonchev–Trinajstić information content (AvgIpc) is 2.38. The fraction of sp³-hybridized carbons (Fsp3) is 0.278. The average molecular weight is 267 g/mol. The van der Waals surface area contributed by atoms with Gasteiger partial charge in [0.05, 0.1) is 6.04 Å². The number of carbonyl (C=O) groups is 1. The number of benzene rings is 2. The first-order chi connectivity index (χ1) is 9.49. The topological polar surface area (TPSA) is 29.1 Å². The van der Waals surface area contributed by atoms with Gasteiger partial charge in [0.15, 0.2) is 0 Å². The highest BCUT2D eigenvalue weighted by molar-refractivity contribution is 5.95. The molecule has 1 atom stereocenters. The zero-order valence-electron chi connectivity index (χ0n) is 12.5. The lowest BCUT2D eigenvalue weighted by atomic mass is 10.0. The molecule has 1 amide bonds. The summed E-state index contributed by atoms with van der Waals surface area (Å²) in [6.07, 6.45) is 0. The molecule has 0 aliphatic rings. The maximum atomic E-state index is 12.4. The van der Waals surface area contributed by atoms with E-state index in [1.165, 1.54) is 11.1 Å². The lowest BCUT2D eigenvalue weighted by molar-refractivity contribution is 0.0939. The molecule has 20 heavy (non-hydrogen) atoms. The molecular weight excluding hydrogens is 246 g/mol. The van der Waals surface area contributed by atoms with Crippen LogP contribution in [-0.4, -0.2) is 5.91 Å². The predicted molar refractivity (Wildman–Crippen MR) is 83.0 cm³/mol. The van der Waals surface area contributed by atoms with Crippen LogP contribution in [0.25, 0.3) is 0 Å². The minimum Gasteiger partial charge on any atom is -0.346 e. The maximum absolute atomic E-state index is 12.4. The Balaban J connectivity index is 2.17. The smallest absolute Gasteiger partial charge is 0.252 e. The Morgan fingerprint density at radius 2 is 1.70 bits per heavy atom. The fourth-order valence-electron chi connectivity index (χ4n) is 2.49. The number of amides is 1. The van der Waals surface area contributed by atoms with Crippen LogP contribution in [0, 0.1) is 20.8 Å². The molecule has 0 radical (unpaired) electrons. The number of carbonyl (C=O) groups excluding carboxylic acids is 1. The van der Waals surface area contributed by atoms with Gasteiger partial charge in [-0.15, -0.1) is 0 Å². The molecule has 2 aromatic carbocycles. The van der Waals surface area contributed by atoms with Gasteiger partial charge in [-0.3, -0.25) is 4.79 Å². The van der Waals surface area contributed by atoms with Crippen LogP contribution in [0.5, 0.6) is 0 Å². The standard InChI is InChI=1S/C18H21NO/c1-12-9-10-17(14(3)11-12)18(20)19-15(4)16-8-6-5-7-13(16)2/h5-11,15H,1-4H3,(H,19,20)/t15-/m1/s1. The first kappa shape index (κ1) is 14.3. The molecule has 0 spiro atoms. The molecule has 2 nitrogen and oxygen atoms in total. The van der Waals surface area contributed by atoms with Crippen molar-refractivity contribution in [2.24, 2.45) is 0 Å². The molecule has 1 N–H and O–H groups in total. The van der Waals surface area contributed by atoms with Crippen molar-refractivity contribution >= 4 is 5.91 Å². The molecule has 0 saturated heterocycles. The second-order valence-corrected chi connectivity index (χ2v) is 5.37. The molecule has 104 valence electrons. The molecule has 0 aromatic heterocycles. The van der Waals surface area contributed by atoms with Crippen molar-refractivity contribution in [3.63, 3.8) is 0 Å². The van der Waals surface area contributed by atoms with Crippen molar-refractivity contribution in [2.45, 2.75) is 33.7 Å². The molecule has 2 heteroatoms. The highest BCUT2D eigenvalue weighted by Gasteiger charge is 2.14. The van der Waals surface area contributed by atoms with Gasteiger partial charge in [0.25, 0.3) is 5.91 Å². The van der Waals surface area contributed by atoms with Crippen LogP contribution in [0.1, 0.15) is 45.6 Å². The molecular formula is C18H21NO.